The van der Waals surface area contributed by atoms with Gasteiger partial charge in [0.1, 0.15) is 5.75 Å². The van der Waals surface area contributed by atoms with Gasteiger partial charge in [0, 0.05) is 31.4 Å². The molecule has 0 amide bonds. The van der Waals surface area contributed by atoms with Crippen molar-refractivity contribution >= 4 is 15.7 Å². The summed E-state index contributed by atoms with van der Waals surface area (Å²) in [4.78, 5) is 2.71. The molecule has 1 atom stereocenters. The number of hydrogen-bond donors (Lipinski definition) is 0. The Morgan fingerprint density at radius 3 is 2.36 bits per heavy atom. The quantitative estimate of drug-likeness (QED) is 0.780. The van der Waals surface area contributed by atoms with Gasteiger partial charge < -0.3 is 9.64 Å². The lowest BCUT2D eigenvalue weighted by Crippen LogP contribution is -2.53. The fourth-order valence-corrected chi connectivity index (χ4v) is 6.09. The van der Waals surface area contributed by atoms with Gasteiger partial charge in [-0.2, -0.15) is 4.31 Å². The van der Waals surface area contributed by atoms with Crippen molar-refractivity contribution < 1.29 is 13.2 Å². The third-order valence-electron chi connectivity index (χ3n) is 5.72. The van der Waals surface area contributed by atoms with Crippen LogP contribution in [0.4, 0.5) is 5.69 Å². The fourth-order valence-electron chi connectivity index (χ4n) is 4.09. The van der Waals surface area contributed by atoms with Gasteiger partial charge in [-0.1, -0.05) is 12.1 Å². The molecule has 0 N–H and O–H groups in total. The fraction of sp³-hybridized carbons (Fsp3) is 0.455. The molecule has 0 spiro atoms. The first-order chi connectivity index (χ1) is 13.2. The van der Waals surface area contributed by atoms with E-state index in [-0.39, 0.29) is 6.04 Å². The summed E-state index contributed by atoms with van der Waals surface area (Å²) in [5.41, 5.74) is 4.73. The Bertz CT molecular complexity index is 986. The Hall–Kier alpha value is -2.05. The van der Waals surface area contributed by atoms with Crippen LogP contribution in [0, 0.1) is 27.7 Å². The summed E-state index contributed by atoms with van der Waals surface area (Å²) < 4.78 is 34.0. The van der Waals surface area contributed by atoms with Crippen LogP contribution in [0.2, 0.25) is 0 Å². The summed E-state index contributed by atoms with van der Waals surface area (Å²) in [6.45, 7) is 11.4. The van der Waals surface area contributed by atoms with Crippen molar-refractivity contribution in [2.75, 3.05) is 31.6 Å². The number of aryl methyl sites for hydroxylation is 2. The molecule has 0 bridgehead atoms. The van der Waals surface area contributed by atoms with Crippen LogP contribution in [0.3, 0.4) is 0 Å². The van der Waals surface area contributed by atoms with Crippen LogP contribution in [0.1, 0.15) is 29.2 Å². The number of piperazine rings is 1. The largest absolute Gasteiger partial charge is 0.496 e. The molecule has 0 aromatic heterocycles. The molecule has 0 aliphatic carbocycles. The van der Waals surface area contributed by atoms with Crippen LogP contribution < -0.4 is 9.64 Å². The van der Waals surface area contributed by atoms with Crippen LogP contribution in [0.5, 0.6) is 5.75 Å². The Morgan fingerprint density at radius 1 is 1.04 bits per heavy atom. The molecule has 1 aliphatic rings. The number of rotatable bonds is 4. The molecule has 0 saturated carbocycles. The minimum Gasteiger partial charge on any atom is -0.496 e. The van der Waals surface area contributed by atoms with Gasteiger partial charge in [0.05, 0.1) is 12.0 Å². The molecule has 1 heterocycles. The lowest BCUT2D eigenvalue weighted by Gasteiger charge is -2.41. The van der Waals surface area contributed by atoms with Gasteiger partial charge in [-0.25, -0.2) is 8.42 Å². The molecule has 0 radical (unpaired) electrons. The number of methoxy groups -OCH3 is 1. The van der Waals surface area contributed by atoms with E-state index in [2.05, 4.69) is 36.9 Å². The lowest BCUT2D eigenvalue weighted by molar-refractivity contribution is 0.342. The first-order valence-corrected chi connectivity index (χ1v) is 11.1. The molecular formula is C22H30N2O3S. The summed E-state index contributed by atoms with van der Waals surface area (Å²) in [5.74, 6) is 0.728. The average Bonchev–Trinajstić information content (AvgIpc) is 2.64. The Kier molecular flexibility index (Phi) is 5.73. The van der Waals surface area contributed by atoms with E-state index in [1.165, 1.54) is 5.56 Å². The zero-order chi connectivity index (χ0) is 20.6. The summed E-state index contributed by atoms with van der Waals surface area (Å²) in [6.07, 6.45) is 0. The van der Waals surface area contributed by atoms with Crippen LogP contribution in [0.25, 0.3) is 0 Å². The van der Waals surface area contributed by atoms with Gasteiger partial charge in [0.15, 0.2) is 0 Å². The molecule has 5 nitrogen and oxygen atoms in total. The predicted octanol–water partition coefficient (Wildman–Crippen LogP) is 3.83. The van der Waals surface area contributed by atoms with Crippen molar-refractivity contribution in [3.63, 3.8) is 0 Å². The number of sulfonamides is 1. The van der Waals surface area contributed by atoms with Gasteiger partial charge in [-0.05, 0) is 75.1 Å². The van der Waals surface area contributed by atoms with Gasteiger partial charge in [-0.15, -0.1) is 0 Å². The highest BCUT2D eigenvalue weighted by atomic mass is 32.2. The average molecular weight is 403 g/mol. The van der Waals surface area contributed by atoms with Gasteiger partial charge in [0.25, 0.3) is 0 Å². The second-order valence-corrected chi connectivity index (χ2v) is 9.59. The zero-order valence-electron chi connectivity index (χ0n) is 17.6. The smallest absolute Gasteiger partial charge is 0.243 e. The highest BCUT2D eigenvalue weighted by Crippen LogP contribution is 2.33. The van der Waals surface area contributed by atoms with Crippen molar-refractivity contribution in [1.82, 2.24) is 4.31 Å². The van der Waals surface area contributed by atoms with Gasteiger partial charge >= 0.3 is 0 Å². The summed E-state index contributed by atoms with van der Waals surface area (Å²) >= 11 is 0. The number of anilines is 1. The number of nitrogens with zero attached hydrogens (tertiary/aromatic N) is 2. The van der Waals surface area contributed by atoms with E-state index in [0.29, 0.717) is 24.5 Å². The van der Waals surface area contributed by atoms with Crippen LogP contribution in [-0.4, -0.2) is 45.5 Å². The molecule has 28 heavy (non-hydrogen) atoms. The number of benzene rings is 2. The Labute approximate surface area is 169 Å². The molecule has 1 aliphatic heterocycles. The minimum atomic E-state index is -3.57. The molecule has 6 heteroatoms. The maximum absolute atomic E-state index is 13.5. The van der Waals surface area contributed by atoms with Crippen LogP contribution in [0.15, 0.2) is 35.2 Å². The van der Waals surface area contributed by atoms with Gasteiger partial charge in [0.2, 0.25) is 10.0 Å². The van der Waals surface area contributed by atoms with Gasteiger partial charge in [-0.3, -0.25) is 0 Å². The molecule has 2 aromatic rings. The Balaban J connectivity index is 1.90. The molecular weight excluding hydrogens is 372 g/mol. The number of ether oxygens (including phenoxy) is 1. The third-order valence-corrected chi connectivity index (χ3v) is 7.88. The maximum atomic E-state index is 13.5. The highest BCUT2D eigenvalue weighted by molar-refractivity contribution is 7.89. The van der Waals surface area contributed by atoms with Crippen molar-refractivity contribution in [2.45, 2.75) is 45.6 Å². The van der Waals surface area contributed by atoms with Crippen LogP contribution in [-0.2, 0) is 10.0 Å². The first kappa shape index (κ1) is 20.7. The van der Waals surface area contributed by atoms with E-state index in [0.717, 1.165) is 28.1 Å². The molecule has 1 unspecified atom stereocenters. The van der Waals surface area contributed by atoms with E-state index in [1.807, 2.05) is 32.9 Å². The highest BCUT2D eigenvalue weighted by Gasteiger charge is 2.34. The van der Waals surface area contributed by atoms with E-state index in [1.54, 1.807) is 11.4 Å². The van der Waals surface area contributed by atoms with Crippen molar-refractivity contribution in [2.24, 2.45) is 0 Å². The summed E-state index contributed by atoms with van der Waals surface area (Å²) in [7, 11) is -1.95. The van der Waals surface area contributed by atoms with E-state index >= 15 is 0 Å². The van der Waals surface area contributed by atoms with E-state index in [9.17, 15) is 8.42 Å². The van der Waals surface area contributed by atoms with Crippen LogP contribution >= 0.6 is 0 Å². The monoisotopic (exact) mass is 402 g/mol. The molecule has 1 saturated heterocycles. The second-order valence-electron chi connectivity index (χ2n) is 7.72. The Morgan fingerprint density at radius 2 is 1.75 bits per heavy atom. The van der Waals surface area contributed by atoms with E-state index in [4.69, 9.17) is 4.74 Å². The van der Waals surface area contributed by atoms with Crippen molar-refractivity contribution in [3.8, 4) is 5.75 Å². The summed E-state index contributed by atoms with van der Waals surface area (Å²) in [5, 5.41) is 0. The third kappa shape index (κ3) is 3.63. The molecule has 2 aromatic carbocycles. The zero-order valence-corrected chi connectivity index (χ0v) is 18.4. The predicted molar refractivity (Wildman–Crippen MR) is 114 cm³/mol. The van der Waals surface area contributed by atoms with Crippen molar-refractivity contribution in [3.05, 3.63) is 52.6 Å². The summed E-state index contributed by atoms with van der Waals surface area (Å²) in [6, 6.07) is 10.3. The minimum absolute atomic E-state index is 0.102. The molecule has 3 rings (SSSR count). The van der Waals surface area contributed by atoms with E-state index < -0.39 is 10.0 Å². The SMILES string of the molecule is COc1cc(C)c(S(=O)(=O)N2CCN(c3cccc(C)c3)C(C)C2)c(C)c1C. The van der Waals surface area contributed by atoms with Crippen molar-refractivity contribution in [1.29, 1.82) is 0 Å². The standard InChI is InChI=1S/C22H30N2O3S/c1-15-8-7-9-20(12-15)24-11-10-23(14-17(24)3)28(25,26)22-16(2)13-21(27-6)18(4)19(22)5/h7-9,12-13,17H,10-11,14H2,1-6H3. The second kappa shape index (κ2) is 7.76. The lowest BCUT2D eigenvalue weighted by atomic mass is 10.1. The molecule has 152 valence electrons. The topological polar surface area (TPSA) is 49.9 Å². The first-order valence-electron chi connectivity index (χ1n) is 9.65. The molecule has 1 fully saturated rings. The maximum Gasteiger partial charge on any atom is 0.243 e. The normalized spacial score (nSPS) is 18.4. The number of hydrogen-bond acceptors (Lipinski definition) is 4.